The lowest BCUT2D eigenvalue weighted by Gasteiger charge is -2.21. The summed E-state index contributed by atoms with van der Waals surface area (Å²) in [6, 6.07) is 6.50. The van der Waals surface area contributed by atoms with Gasteiger partial charge in [-0.15, -0.1) is 0 Å². The minimum absolute atomic E-state index is 0.0552. The Bertz CT molecular complexity index is 1200. The maximum Gasteiger partial charge on any atom is 0.315 e. The van der Waals surface area contributed by atoms with Crippen LogP contribution in [0.2, 0.25) is 0 Å². The number of halogens is 3. The quantitative estimate of drug-likeness (QED) is 0.425. The van der Waals surface area contributed by atoms with Crippen molar-refractivity contribution in [2.24, 2.45) is 0 Å². The van der Waals surface area contributed by atoms with Gasteiger partial charge in [0.25, 0.3) is 5.91 Å². The Kier molecular flexibility index (Phi) is 7.44. The van der Waals surface area contributed by atoms with E-state index >= 15 is 0 Å². The second kappa shape index (κ2) is 9.90. The first-order valence-electron chi connectivity index (χ1n) is 9.20. The number of aliphatic hydroxyl groups excluding tert-OH is 1. The first kappa shape index (κ1) is 24.0. The van der Waals surface area contributed by atoms with Crippen molar-refractivity contribution in [3.63, 3.8) is 0 Å². The molecule has 0 bridgehead atoms. The lowest BCUT2D eigenvalue weighted by atomic mass is 9.99. The van der Waals surface area contributed by atoms with E-state index in [2.05, 4.69) is 14.7 Å². The lowest BCUT2D eigenvalue weighted by molar-refractivity contribution is -0.133. The highest BCUT2D eigenvalue weighted by molar-refractivity contribution is 7.88. The van der Waals surface area contributed by atoms with E-state index in [9.17, 15) is 31.5 Å². The summed E-state index contributed by atoms with van der Waals surface area (Å²) in [6.07, 6.45) is -2.16. The maximum atomic E-state index is 13.2. The number of sulfonamides is 1. The van der Waals surface area contributed by atoms with Crippen LogP contribution >= 0.6 is 11.3 Å². The molecule has 0 aliphatic rings. The molecule has 3 N–H and O–H groups in total. The van der Waals surface area contributed by atoms with Crippen molar-refractivity contribution in [2.45, 2.75) is 25.1 Å². The molecule has 8 nitrogen and oxygen atoms in total. The molecule has 13 heteroatoms. The van der Waals surface area contributed by atoms with Crippen molar-refractivity contribution in [1.82, 2.24) is 20.0 Å². The largest absolute Gasteiger partial charge is 0.386 e. The van der Waals surface area contributed by atoms with Crippen LogP contribution in [0.25, 0.3) is 21.5 Å². The van der Waals surface area contributed by atoms with Gasteiger partial charge in [-0.05, 0) is 17.2 Å². The van der Waals surface area contributed by atoms with Gasteiger partial charge in [0, 0.05) is 11.8 Å². The summed E-state index contributed by atoms with van der Waals surface area (Å²) >= 11 is 1.26. The number of benzene rings is 1. The van der Waals surface area contributed by atoms with Crippen molar-refractivity contribution in [2.75, 3.05) is 12.9 Å². The molecule has 0 spiro atoms. The first-order chi connectivity index (χ1) is 15.1. The SMILES string of the molecule is CS(=O)(=O)NCc1nc2cc(-c3ccc([C@@H](O)[C@@H](CF)NC(=O)C(F)F)cc3)cnc2s1. The highest BCUT2D eigenvalue weighted by Crippen LogP contribution is 2.27. The number of amides is 1. The van der Waals surface area contributed by atoms with Crippen LogP contribution < -0.4 is 10.0 Å². The number of thiazole rings is 1. The molecule has 2 aromatic heterocycles. The summed E-state index contributed by atoms with van der Waals surface area (Å²) in [5.74, 6) is -1.66. The third-order valence-electron chi connectivity index (χ3n) is 4.44. The van der Waals surface area contributed by atoms with E-state index in [1.54, 1.807) is 29.7 Å². The van der Waals surface area contributed by atoms with Gasteiger partial charge in [-0.2, -0.15) is 8.78 Å². The van der Waals surface area contributed by atoms with Crippen LogP contribution in [0.4, 0.5) is 13.2 Å². The van der Waals surface area contributed by atoms with Gasteiger partial charge in [-0.3, -0.25) is 4.79 Å². The minimum Gasteiger partial charge on any atom is -0.386 e. The fourth-order valence-electron chi connectivity index (χ4n) is 2.85. The van der Waals surface area contributed by atoms with E-state index in [0.717, 1.165) is 6.26 Å². The topological polar surface area (TPSA) is 121 Å². The van der Waals surface area contributed by atoms with Gasteiger partial charge >= 0.3 is 6.43 Å². The molecule has 3 aromatic rings. The molecule has 0 fully saturated rings. The highest BCUT2D eigenvalue weighted by Gasteiger charge is 2.26. The number of aromatic nitrogens is 2. The Labute approximate surface area is 185 Å². The van der Waals surface area contributed by atoms with Crippen LogP contribution in [0.15, 0.2) is 36.5 Å². The van der Waals surface area contributed by atoms with Crippen LogP contribution in [0.3, 0.4) is 0 Å². The highest BCUT2D eigenvalue weighted by atomic mass is 32.2. The zero-order chi connectivity index (χ0) is 23.5. The summed E-state index contributed by atoms with van der Waals surface area (Å²) in [4.78, 5) is 20.4. The molecule has 0 radical (unpaired) electrons. The molecule has 0 unspecified atom stereocenters. The average Bonchev–Trinajstić information content (AvgIpc) is 3.17. The second-order valence-corrected chi connectivity index (χ2v) is 9.78. The molecule has 2 atom stereocenters. The monoisotopic (exact) mass is 488 g/mol. The molecule has 172 valence electrons. The van der Waals surface area contributed by atoms with E-state index in [0.29, 0.717) is 26.5 Å². The van der Waals surface area contributed by atoms with E-state index in [-0.39, 0.29) is 12.1 Å². The number of nitrogens with one attached hydrogen (secondary N) is 2. The first-order valence-corrected chi connectivity index (χ1v) is 11.9. The third kappa shape index (κ3) is 6.00. The Balaban J connectivity index is 1.76. The zero-order valence-corrected chi connectivity index (χ0v) is 18.3. The van der Waals surface area contributed by atoms with Crippen molar-refractivity contribution >= 4 is 37.6 Å². The number of rotatable bonds is 9. The predicted octanol–water partition coefficient (Wildman–Crippen LogP) is 2.16. The molecule has 1 aromatic carbocycles. The fraction of sp³-hybridized carbons (Fsp3) is 0.316. The van der Waals surface area contributed by atoms with Gasteiger partial charge in [0.05, 0.1) is 18.8 Å². The lowest BCUT2D eigenvalue weighted by Crippen LogP contribution is -2.43. The molecule has 3 rings (SSSR count). The Morgan fingerprint density at radius 3 is 2.50 bits per heavy atom. The summed E-state index contributed by atoms with van der Waals surface area (Å²) in [5.41, 5.74) is 2.21. The van der Waals surface area contributed by atoms with Crippen LogP contribution in [-0.2, 0) is 21.4 Å². The number of fused-ring (bicyclic) bond motifs is 1. The van der Waals surface area contributed by atoms with Crippen LogP contribution in [0.5, 0.6) is 0 Å². The number of hydrogen-bond donors (Lipinski definition) is 3. The van der Waals surface area contributed by atoms with Crippen LogP contribution in [-0.4, -0.2) is 54.8 Å². The molecule has 1 amide bonds. The van der Waals surface area contributed by atoms with Crippen LogP contribution in [0.1, 0.15) is 16.7 Å². The van der Waals surface area contributed by atoms with Gasteiger partial charge in [0.2, 0.25) is 10.0 Å². The molecule has 2 heterocycles. The van der Waals surface area contributed by atoms with Crippen molar-refractivity contribution in [3.05, 3.63) is 47.1 Å². The molecule has 0 saturated heterocycles. The Morgan fingerprint density at radius 2 is 1.91 bits per heavy atom. The van der Waals surface area contributed by atoms with Crippen molar-refractivity contribution in [1.29, 1.82) is 0 Å². The van der Waals surface area contributed by atoms with Gasteiger partial charge in [0.1, 0.15) is 28.1 Å². The van der Waals surface area contributed by atoms with Crippen molar-refractivity contribution in [3.8, 4) is 11.1 Å². The van der Waals surface area contributed by atoms with Gasteiger partial charge < -0.3 is 10.4 Å². The smallest absolute Gasteiger partial charge is 0.315 e. The molecule has 0 saturated carbocycles. The molecule has 0 aliphatic carbocycles. The standard InChI is InChI=1S/C19H19F3N4O4S2/c1-32(29,30)24-9-15-25-13-6-12(8-23-19(13)31-15)10-2-4-11(5-3-10)16(27)14(7-20)26-18(28)17(21)22/h2-6,8,14,16-17,24,27H,7,9H2,1H3,(H,26,28)/t14-,16-/m1/s1. The van der Waals surface area contributed by atoms with Gasteiger partial charge in [0.15, 0.2) is 0 Å². The van der Waals surface area contributed by atoms with E-state index in [1.165, 1.54) is 23.5 Å². The molecule has 32 heavy (non-hydrogen) atoms. The summed E-state index contributed by atoms with van der Waals surface area (Å²) in [6.45, 7) is -1.16. The molecular weight excluding hydrogens is 469 g/mol. The number of nitrogens with zero attached hydrogens (tertiary/aromatic N) is 2. The van der Waals surface area contributed by atoms with E-state index in [1.807, 2.05) is 0 Å². The van der Waals surface area contributed by atoms with Crippen LogP contribution in [0, 0.1) is 0 Å². The average molecular weight is 489 g/mol. The summed E-state index contributed by atoms with van der Waals surface area (Å²) in [5, 5.41) is 12.6. The fourth-order valence-corrected chi connectivity index (χ4v) is 4.16. The third-order valence-corrected chi connectivity index (χ3v) is 6.08. The summed E-state index contributed by atoms with van der Waals surface area (Å²) in [7, 11) is -3.35. The number of hydrogen-bond acceptors (Lipinski definition) is 7. The van der Waals surface area contributed by atoms with Crippen molar-refractivity contribution < 1.29 is 31.5 Å². The normalized spacial score (nSPS) is 13.9. The number of aliphatic hydroxyl groups is 1. The Morgan fingerprint density at radius 1 is 1.22 bits per heavy atom. The van der Waals surface area contributed by atoms with E-state index in [4.69, 9.17) is 0 Å². The minimum atomic E-state index is -3.35. The van der Waals surface area contributed by atoms with Gasteiger partial charge in [-0.1, -0.05) is 35.6 Å². The number of carbonyl (C=O) groups excluding carboxylic acids is 1. The predicted molar refractivity (Wildman–Crippen MR) is 113 cm³/mol. The molecular formula is C19H19F3N4O4S2. The summed E-state index contributed by atoms with van der Waals surface area (Å²) < 4.78 is 62.8. The number of pyridine rings is 1. The second-order valence-electron chi connectivity index (χ2n) is 6.89. The van der Waals surface area contributed by atoms with Gasteiger partial charge in [-0.25, -0.2) is 27.5 Å². The number of alkyl halides is 3. The molecule has 0 aliphatic heterocycles. The Hall–Kier alpha value is -2.61. The number of carbonyl (C=O) groups is 1. The zero-order valence-electron chi connectivity index (χ0n) is 16.6. The van der Waals surface area contributed by atoms with E-state index < -0.39 is 41.2 Å². The maximum absolute atomic E-state index is 13.2.